The quantitative estimate of drug-likeness (QED) is 0.909. The molecule has 1 saturated heterocycles. The van der Waals surface area contributed by atoms with Gasteiger partial charge in [0.05, 0.1) is 22.8 Å². The fourth-order valence-electron chi connectivity index (χ4n) is 1.74. The lowest BCUT2D eigenvalue weighted by Crippen LogP contribution is -2.33. The lowest BCUT2D eigenvalue weighted by molar-refractivity contribution is 0.143. The van der Waals surface area contributed by atoms with E-state index in [1.54, 1.807) is 18.2 Å². The number of hydrogen-bond acceptors (Lipinski definition) is 4. The Morgan fingerprint density at radius 2 is 2.10 bits per heavy atom. The van der Waals surface area contributed by atoms with Gasteiger partial charge in [-0.25, -0.2) is 17.9 Å². The largest absolute Gasteiger partial charge is 0.443 e. The normalized spacial score (nSPS) is 19.2. The second kappa shape index (κ2) is 5.77. The van der Waals surface area contributed by atoms with E-state index in [0.29, 0.717) is 15.7 Å². The van der Waals surface area contributed by atoms with Crippen molar-refractivity contribution in [3.05, 3.63) is 28.2 Å². The van der Waals surface area contributed by atoms with Gasteiger partial charge in [0, 0.05) is 12.2 Å². The van der Waals surface area contributed by atoms with E-state index in [1.165, 1.54) is 4.90 Å². The zero-order valence-electron chi connectivity index (χ0n) is 10.5. The predicted molar refractivity (Wildman–Crippen MR) is 76.9 cm³/mol. The van der Waals surface area contributed by atoms with Crippen molar-refractivity contribution in [3.8, 4) is 0 Å². The van der Waals surface area contributed by atoms with Crippen LogP contribution in [0.2, 0.25) is 10.0 Å². The number of amides is 1. The Morgan fingerprint density at radius 3 is 2.70 bits per heavy atom. The third-order valence-electron chi connectivity index (χ3n) is 2.66. The SMILES string of the molecule is CS(=O)(=O)NC[C@@H]1CN(c2ccc(Cl)c(Cl)c2)C(=O)O1. The van der Waals surface area contributed by atoms with E-state index in [1.807, 2.05) is 0 Å². The molecule has 6 nitrogen and oxygen atoms in total. The molecule has 1 aliphatic rings. The monoisotopic (exact) mass is 338 g/mol. The molecule has 0 radical (unpaired) electrons. The van der Waals surface area contributed by atoms with Crippen LogP contribution in [0.15, 0.2) is 18.2 Å². The second-order valence-corrected chi connectivity index (χ2v) is 6.98. The van der Waals surface area contributed by atoms with Gasteiger partial charge in [-0.3, -0.25) is 4.90 Å². The molecule has 1 heterocycles. The van der Waals surface area contributed by atoms with E-state index in [-0.39, 0.29) is 13.1 Å². The van der Waals surface area contributed by atoms with Gasteiger partial charge in [0.25, 0.3) is 0 Å². The van der Waals surface area contributed by atoms with E-state index < -0.39 is 22.2 Å². The Balaban J connectivity index is 2.07. The molecule has 2 rings (SSSR count). The molecule has 0 aromatic heterocycles. The van der Waals surface area contributed by atoms with Crippen LogP contribution in [0.4, 0.5) is 10.5 Å². The summed E-state index contributed by atoms with van der Waals surface area (Å²) in [5, 5.41) is 0.716. The summed E-state index contributed by atoms with van der Waals surface area (Å²) in [6, 6.07) is 4.77. The van der Waals surface area contributed by atoms with Gasteiger partial charge in [0.1, 0.15) is 6.10 Å². The number of nitrogens with zero attached hydrogens (tertiary/aromatic N) is 1. The fourth-order valence-corrected chi connectivity index (χ4v) is 2.52. The molecule has 1 atom stereocenters. The molecule has 1 aliphatic heterocycles. The number of cyclic esters (lactones) is 1. The van der Waals surface area contributed by atoms with E-state index in [2.05, 4.69) is 4.72 Å². The average Bonchev–Trinajstić information content (AvgIpc) is 2.71. The van der Waals surface area contributed by atoms with Crippen LogP contribution >= 0.6 is 23.2 Å². The number of carbonyl (C=O) groups excluding carboxylic acids is 1. The van der Waals surface area contributed by atoms with Gasteiger partial charge >= 0.3 is 6.09 Å². The Kier molecular flexibility index (Phi) is 4.43. The van der Waals surface area contributed by atoms with Crippen molar-refractivity contribution in [3.63, 3.8) is 0 Å². The first-order valence-corrected chi connectivity index (χ1v) is 8.29. The van der Waals surface area contributed by atoms with E-state index in [4.69, 9.17) is 27.9 Å². The molecule has 9 heteroatoms. The Labute approximate surface area is 126 Å². The van der Waals surface area contributed by atoms with E-state index >= 15 is 0 Å². The number of carbonyl (C=O) groups is 1. The molecule has 0 aliphatic carbocycles. The lowest BCUT2D eigenvalue weighted by atomic mass is 10.2. The van der Waals surface area contributed by atoms with Crippen molar-refractivity contribution in [1.29, 1.82) is 0 Å². The van der Waals surface area contributed by atoms with Gasteiger partial charge in [-0.2, -0.15) is 0 Å². The summed E-state index contributed by atoms with van der Waals surface area (Å²) in [5.74, 6) is 0. The highest BCUT2D eigenvalue weighted by atomic mass is 35.5. The molecule has 1 aromatic carbocycles. The lowest BCUT2D eigenvalue weighted by Gasteiger charge is -2.13. The summed E-state index contributed by atoms with van der Waals surface area (Å²) in [5.41, 5.74) is 0.547. The van der Waals surface area contributed by atoms with E-state index in [0.717, 1.165) is 6.26 Å². The molecule has 1 aromatic rings. The van der Waals surface area contributed by atoms with Gasteiger partial charge in [0.2, 0.25) is 10.0 Å². The van der Waals surface area contributed by atoms with Crippen molar-refractivity contribution in [1.82, 2.24) is 4.72 Å². The van der Waals surface area contributed by atoms with Crippen LogP contribution in [0.1, 0.15) is 0 Å². The minimum Gasteiger partial charge on any atom is -0.443 e. The second-order valence-electron chi connectivity index (χ2n) is 4.34. The highest BCUT2D eigenvalue weighted by Gasteiger charge is 2.32. The maximum Gasteiger partial charge on any atom is 0.414 e. The summed E-state index contributed by atoms with van der Waals surface area (Å²) in [4.78, 5) is 13.1. The Bertz CT molecular complexity index is 635. The van der Waals surface area contributed by atoms with Gasteiger partial charge in [-0.05, 0) is 18.2 Å². The molecule has 0 saturated carbocycles. The summed E-state index contributed by atoms with van der Waals surface area (Å²) >= 11 is 11.7. The van der Waals surface area contributed by atoms with Crippen LogP contribution in [0.25, 0.3) is 0 Å². The van der Waals surface area contributed by atoms with Gasteiger partial charge in [0.15, 0.2) is 0 Å². The Morgan fingerprint density at radius 1 is 1.40 bits per heavy atom. The van der Waals surface area contributed by atoms with Crippen molar-refractivity contribution >= 4 is 45.0 Å². The van der Waals surface area contributed by atoms with Crippen LogP contribution in [0.3, 0.4) is 0 Å². The maximum atomic E-state index is 11.8. The molecule has 1 amide bonds. The first kappa shape index (κ1) is 15.4. The molecule has 1 N–H and O–H groups in total. The third kappa shape index (κ3) is 3.76. The summed E-state index contributed by atoms with van der Waals surface area (Å²) in [7, 11) is -3.32. The molecule has 20 heavy (non-hydrogen) atoms. The molecule has 0 spiro atoms. The van der Waals surface area contributed by atoms with Gasteiger partial charge in [-0.15, -0.1) is 0 Å². The summed E-state index contributed by atoms with van der Waals surface area (Å²) < 4.78 is 29.4. The molecular formula is C11H12Cl2N2O4S. The fraction of sp³-hybridized carbons (Fsp3) is 0.364. The van der Waals surface area contributed by atoms with Crippen molar-refractivity contribution in [2.24, 2.45) is 0 Å². The first-order valence-electron chi connectivity index (χ1n) is 5.64. The minimum absolute atomic E-state index is 0.0302. The van der Waals surface area contributed by atoms with Crippen LogP contribution in [0.5, 0.6) is 0 Å². The highest BCUT2D eigenvalue weighted by Crippen LogP contribution is 2.29. The average molecular weight is 339 g/mol. The molecule has 0 unspecified atom stereocenters. The number of halogens is 2. The molecule has 0 bridgehead atoms. The predicted octanol–water partition coefficient (Wildman–Crippen LogP) is 1.87. The minimum atomic E-state index is -3.32. The number of ether oxygens (including phenoxy) is 1. The highest BCUT2D eigenvalue weighted by molar-refractivity contribution is 7.88. The van der Waals surface area contributed by atoms with Crippen molar-refractivity contribution in [2.45, 2.75) is 6.10 Å². The number of anilines is 1. The van der Waals surface area contributed by atoms with Crippen LogP contribution in [0, 0.1) is 0 Å². The first-order chi connectivity index (χ1) is 9.26. The molecule has 110 valence electrons. The van der Waals surface area contributed by atoms with Gasteiger partial charge < -0.3 is 4.74 Å². The van der Waals surface area contributed by atoms with Crippen molar-refractivity contribution < 1.29 is 17.9 Å². The number of hydrogen-bond donors (Lipinski definition) is 1. The number of benzene rings is 1. The standard InChI is InChI=1S/C11H12Cl2N2O4S/c1-20(17,18)14-5-8-6-15(11(16)19-8)7-2-3-9(12)10(13)4-7/h2-4,8,14H,5-6H2,1H3/t8-/m1/s1. The maximum absolute atomic E-state index is 11.8. The smallest absolute Gasteiger partial charge is 0.414 e. The van der Waals surface area contributed by atoms with Crippen LogP contribution in [-0.4, -0.2) is 40.0 Å². The Hall–Kier alpha value is -1.02. The van der Waals surface area contributed by atoms with Gasteiger partial charge in [-0.1, -0.05) is 23.2 Å². The summed E-state index contributed by atoms with van der Waals surface area (Å²) in [6.07, 6.45) is -0.0593. The molecule has 1 fully saturated rings. The zero-order chi connectivity index (χ0) is 14.9. The molecular weight excluding hydrogens is 327 g/mol. The zero-order valence-corrected chi connectivity index (χ0v) is 12.8. The van der Waals surface area contributed by atoms with Crippen LogP contribution in [-0.2, 0) is 14.8 Å². The van der Waals surface area contributed by atoms with Crippen LogP contribution < -0.4 is 9.62 Å². The topological polar surface area (TPSA) is 75.7 Å². The third-order valence-corrected chi connectivity index (χ3v) is 4.09. The number of nitrogens with one attached hydrogen (secondary N) is 1. The van der Waals surface area contributed by atoms with Crippen molar-refractivity contribution in [2.75, 3.05) is 24.2 Å². The number of sulfonamides is 1. The number of rotatable bonds is 4. The summed E-state index contributed by atoms with van der Waals surface area (Å²) in [6.45, 7) is 0.266. The van der Waals surface area contributed by atoms with E-state index in [9.17, 15) is 13.2 Å².